The summed E-state index contributed by atoms with van der Waals surface area (Å²) in [5, 5.41) is 9.64. The summed E-state index contributed by atoms with van der Waals surface area (Å²) in [4.78, 5) is 13.4. The molecule has 0 saturated heterocycles. The number of aromatic hydroxyl groups is 1. The SMILES string of the molecule is CC(C)C(Br)C(=O)N(C)Cc1ccccc1O. The van der Waals surface area contributed by atoms with Crippen LogP contribution in [0.5, 0.6) is 5.75 Å². The van der Waals surface area contributed by atoms with Crippen LogP contribution in [0.1, 0.15) is 19.4 Å². The van der Waals surface area contributed by atoms with Gasteiger partial charge in [0.15, 0.2) is 0 Å². The highest BCUT2D eigenvalue weighted by molar-refractivity contribution is 9.10. The van der Waals surface area contributed by atoms with Crippen LogP contribution >= 0.6 is 15.9 Å². The van der Waals surface area contributed by atoms with E-state index in [0.29, 0.717) is 6.54 Å². The molecule has 0 heterocycles. The monoisotopic (exact) mass is 299 g/mol. The van der Waals surface area contributed by atoms with Gasteiger partial charge in [-0.15, -0.1) is 0 Å². The number of nitrogens with zero attached hydrogens (tertiary/aromatic N) is 1. The molecule has 0 aliphatic rings. The van der Waals surface area contributed by atoms with E-state index in [-0.39, 0.29) is 22.4 Å². The first-order chi connectivity index (χ1) is 7.93. The van der Waals surface area contributed by atoms with Crippen LogP contribution < -0.4 is 0 Å². The zero-order valence-corrected chi connectivity index (χ0v) is 11.9. The maximum atomic E-state index is 12.0. The standard InChI is InChI=1S/C13H18BrNO2/c1-9(2)12(14)13(17)15(3)8-10-6-4-5-7-11(10)16/h4-7,9,12,16H,8H2,1-3H3. The molecule has 1 aromatic rings. The van der Waals surface area contributed by atoms with E-state index in [4.69, 9.17) is 0 Å². The van der Waals surface area contributed by atoms with E-state index in [1.54, 1.807) is 24.1 Å². The molecule has 0 aromatic heterocycles. The number of halogens is 1. The second-order valence-corrected chi connectivity index (χ2v) is 5.46. The summed E-state index contributed by atoms with van der Waals surface area (Å²) in [5.74, 6) is 0.500. The highest BCUT2D eigenvalue weighted by Gasteiger charge is 2.22. The first kappa shape index (κ1) is 14.0. The third-order valence-corrected chi connectivity index (χ3v) is 4.05. The molecule has 0 aliphatic heterocycles. The van der Waals surface area contributed by atoms with Crippen molar-refractivity contribution in [3.8, 4) is 5.75 Å². The lowest BCUT2D eigenvalue weighted by atomic mass is 10.1. The minimum absolute atomic E-state index is 0.0308. The number of hydrogen-bond donors (Lipinski definition) is 1. The average molecular weight is 300 g/mol. The Labute approximate surface area is 111 Å². The van der Waals surface area contributed by atoms with Gasteiger partial charge in [-0.2, -0.15) is 0 Å². The van der Waals surface area contributed by atoms with Gasteiger partial charge in [0, 0.05) is 19.2 Å². The molecule has 3 nitrogen and oxygen atoms in total. The first-order valence-electron chi connectivity index (χ1n) is 5.59. The molecule has 17 heavy (non-hydrogen) atoms. The Morgan fingerprint density at radius 1 is 1.41 bits per heavy atom. The van der Waals surface area contributed by atoms with Crippen LogP contribution in [0.3, 0.4) is 0 Å². The maximum Gasteiger partial charge on any atom is 0.236 e. The number of benzene rings is 1. The zero-order valence-electron chi connectivity index (χ0n) is 10.4. The Hall–Kier alpha value is -1.03. The van der Waals surface area contributed by atoms with Crippen molar-refractivity contribution in [2.24, 2.45) is 5.92 Å². The van der Waals surface area contributed by atoms with E-state index in [0.717, 1.165) is 5.56 Å². The van der Waals surface area contributed by atoms with Crippen molar-refractivity contribution in [1.82, 2.24) is 4.90 Å². The van der Waals surface area contributed by atoms with Crippen molar-refractivity contribution < 1.29 is 9.90 Å². The van der Waals surface area contributed by atoms with Crippen molar-refractivity contribution in [2.45, 2.75) is 25.2 Å². The van der Waals surface area contributed by atoms with Crippen molar-refractivity contribution >= 4 is 21.8 Å². The van der Waals surface area contributed by atoms with Crippen LogP contribution in [0.25, 0.3) is 0 Å². The Morgan fingerprint density at radius 2 is 2.00 bits per heavy atom. The summed E-state index contributed by atoms with van der Waals surface area (Å²) in [6, 6.07) is 7.06. The molecule has 1 aromatic carbocycles. The number of carbonyl (C=O) groups excluding carboxylic acids is 1. The summed E-state index contributed by atoms with van der Waals surface area (Å²) in [6.07, 6.45) is 0. The van der Waals surface area contributed by atoms with Gasteiger partial charge in [0.1, 0.15) is 5.75 Å². The van der Waals surface area contributed by atoms with Gasteiger partial charge in [-0.05, 0) is 12.0 Å². The van der Waals surface area contributed by atoms with E-state index >= 15 is 0 Å². The second kappa shape index (κ2) is 6.05. The Kier molecular flexibility index (Phi) is 5.00. The number of hydrogen-bond acceptors (Lipinski definition) is 2. The third kappa shape index (κ3) is 3.73. The molecule has 0 fully saturated rings. The second-order valence-electron chi connectivity index (χ2n) is 4.47. The highest BCUT2D eigenvalue weighted by Crippen LogP contribution is 2.20. The molecule has 1 N–H and O–H groups in total. The van der Waals surface area contributed by atoms with E-state index in [1.165, 1.54) is 0 Å². The molecular weight excluding hydrogens is 282 g/mol. The number of rotatable bonds is 4. The van der Waals surface area contributed by atoms with Gasteiger partial charge in [-0.25, -0.2) is 0 Å². The summed E-state index contributed by atoms with van der Waals surface area (Å²) in [5.41, 5.74) is 0.756. The van der Waals surface area contributed by atoms with Gasteiger partial charge in [0.25, 0.3) is 0 Å². The summed E-state index contributed by atoms with van der Waals surface area (Å²) < 4.78 is 0. The minimum Gasteiger partial charge on any atom is -0.508 e. The van der Waals surface area contributed by atoms with Crippen molar-refractivity contribution in [3.63, 3.8) is 0 Å². The number of phenols is 1. The Balaban J connectivity index is 2.70. The van der Waals surface area contributed by atoms with Gasteiger partial charge in [-0.3, -0.25) is 4.79 Å². The van der Waals surface area contributed by atoms with Crippen LogP contribution in [-0.4, -0.2) is 27.8 Å². The predicted octanol–water partition coefficient (Wildman–Crippen LogP) is 2.77. The summed E-state index contributed by atoms with van der Waals surface area (Å²) in [7, 11) is 1.74. The first-order valence-corrected chi connectivity index (χ1v) is 6.51. The normalized spacial score (nSPS) is 12.5. The lowest BCUT2D eigenvalue weighted by Gasteiger charge is -2.22. The largest absolute Gasteiger partial charge is 0.508 e. The molecule has 1 unspecified atom stereocenters. The van der Waals surface area contributed by atoms with E-state index in [2.05, 4.69) is 15.9 Å². The topological polar surface area (TPSA) is 40.5 Å². The molecule has 1 rings (SSSR count). The molecule has 0 radical (unpaired) electrons. The fourth-order valence-corrected chi connectivity index (χ4v) is 1.82. The Morgan fingerprint density at radius 3 is 2.53 bits per heavy atom. The Bertz CT molecular complexity index is 393. The number of alkyl halides is 1. The molecule has 0 spiro atoms. The van der Waals surface area contributed by atoms with Gasteiger partial charge < -0.3 is 10.0 Å². The molecule has 1 atom stereocenters. The van der Waals surface area contributed by atoms with Crippen molar-refractivity contribution in [1.29, 1.82) is 0 Å². The maximum absolute atomic E-state index is 12.0. The van der Waals surface area contributed by atoms with Crippen LogP contribution in [0.15, 0.2) is 24.3 Å². The molecule has 1 amide bonds. The molecular formula is C13H18BrNO2. The lowest BCUT2D eigenvalue weighted by molar-refractivity contribution is -0.130. The van der Waals surface area contributed by atoms with Gasteiger partial charge >= 0.3 is 0 Å². The zero-order chi connectivity index (χ0) is 13.0. The van der Waals surface area contributed by atoms with Gasteiger partial charge in [0.05, 0.1) is 4.83 Å². The molecule has 0 saturated carbocycles. The molecule has 0 aliphatic carbocycles. The molecule has 94 valence electrons. The quantitative estimate of drug-likeness (QED) is 0.869. The highest BCUT2D eigenvalue weighted by atomic mass is 79.9. The van der Waals surface area contributed by atoms with Crippen molar-refractivity contribution in [2.75, 3.05) is 7.05 Å². The van der Waals surface area contributed by atoms with E-state index in [1.807, 2.05) is 26.0 Å². The summed E-state index contributed by atoms with van der Waals surface area (Å²) in [6.45, 7) is 4.40. The van der Waals surface area contributed by atoms with Crippen molar-refractivity contribution in [3.05, 3.63) is 29.8 Å². The average Bonchev–Trinajstić information content (AvgIpc) is 2.30. The molecule has 4 heteroatoms. The third-order valence-electron chi connectivity index (χ3n) is 2.60. The minimum atomic E-state index is -0.182. The smallest absolute Gasteiger partial charge is 0.236 e. The van der Waals surface area contributed by atoms with Gasteiger partial charge in [0.2, 0.25) is 5.91 Å². The van der Waals surface area contributed by atoms with E-state index < -0.39 is 0 Å². The number of carbonyl (C=O) groups is 1. The van der Waals surface area contributed by atoms with Crippen LogP contribution in [0, 0.1) is 5.92 Å². The van der Waals surface area contributed by atoms with Gasteiger partial charge in [-0.1, -0.05) is 48.0 Å². The fraction of sp³-hybridized carbons (Fsp3) is 0.462. The van der Waals surface area contributed by atoms with E-state index in [9.17, 15) is 9.90 Å². The van der Waals surface area contributed by atoms with Crippen LogP contribution in [0.4, 0.5) is 0 Å². The number of amides is 1. The number of para-hydroxylation sites is 1. The number of phenolic OH excluding ortho intramolecular Hbond substituents is 1. The lowest BCUT2D eigenvalue weighted by Crippen LogP contribution is -2.35. The van der Waals surface area contributed by atoms with Crippen LogP contribution in [-0.2, 0) is 11.3 Å². The fourth-order valence-electron chi connectivity index (χ4n) is 1.47. The molecule has 0 bridgehead atoms. The summed E-state index contributed by atoms with van der Waals surface area (Å²) >= 11 is 3.39. The predicted molar refractivity (Wildman–Crippen MR) is 72.1 cm³/mol. The van der Waals surface area contributed by atoms with Crippen LogP contribution in [0.2, 0.25) is 0 Å².